The molecular formula is C15H16N2O2. The highest BCUT2D eigenvalue weighted by Crippen LogP contribution is 2.21. The van der Waals surface area contributed by atoms with E-state index in [2.05, 4.69) is 5.32 Å². The van der Waals surface area contributed by atoms with E-state index in [1.807, 2.05) is 30.3 Å². The molecule has 0 aliphatic heterocycles. The number of hydrogen-bond acceptors (Lipinski definition) is 3. The van der Waals surface area contributed by atoms with Gasteiger partial charge in [0.2, 0.25) is 5.91 Å². The topological polar surface area (TPSA) is 75.4 Å². The quantitative estimate of drug-likeness (QED) is 0.731. The molecule has 98 valence electrons. The van der Waals surface area contributed by atoms with Crippen LogP contribution in [0.2, 0.25) is 0 Å². The Labute approximate surface area is 111 Å². The van der Waals surface area contributed by atoms with Gasteiger partial charge in [-0.3, -0.25) is 4.79 Å². The third-order valence-electron chi connectivity index (χ3n) is 2.80. The highest BCUT2D eigenvalue weighted by Gasteiger charge is 2.15. The van der Waals surface area contributed by atoms with E-state index >= 15 is 0 Å². The van der Waals surface area contributed by atoms with Gasteiger partial charge in [0, 0.05) is 0 Å². The van der Waals surface area contributed by atoms with Crippen LogP contribution in [0.5, 0.6) is 5.75 Å². The summed E-state index contributed by atoms with van der Waals surface area (Å²) in [6.45, 7) is 0. The van der Waals surface area contributed by atoms with Crippen LogP contribution in [0.4, 0.5) is 5.69 Å². The van der Waals surface area contributed by atoms with Crippen LogP contribution in [-0.2, 0) is 11.2 Å². The molecule has 0 heterocycles. The Hall–Kier alpha value is -2.33. The first-order chi connectivity index (χ1) is 9.16. The van der Waals surface area contributed by atoms with Crippen LogP contribution < -0.4 is 11.1 Å². The van der Waals surface area contributed by atoms with Gasteiger partial charge in [-0.25, -0.2) is 0 Å². The number of anilines is 1. The summed E-state index contributed by atoms with van der Waals surface area (Å²) in [7, 11) is 0. The molecule has 0 radical (unpaired) electrons. The molecule has 2 aromatic rings. The number of aromatic hydroxyl groups is 1. The third-order valence-corrected chi connectivity index (χ3v) is 2.80. The number of hydrogen-bond donors (Lipinski definition) is 3. The maximum absolute atomic E-state index is 11.9. The van der Waals surface area contributed by atoms with Gasteiger partial charge in [0.25, 0.3) is 0 Å². The van der Waals surface area contributed by atoms with Gasteiger partial charge in [-0.15, -0.1) is 0 Å². The van der Waals surface area contributed by atoms with Gasteiger partial charge in [-0.1, -0.05) is 42.5 Å². The zero-order valence-electron chi connectivity index (χ0n) is 10.4. The summed E-state index contributed by atoms with van der Waals surface area (Å²) in [5.74, 6) is -0.284. The highest BCUT2D eigenvalue weighted by atomic mass is 16.3. The monoisotopic (exact) mass is 256 g/mol. The number of phenols is 1. The number of para-hydroxylation sites is 2. The second kappa shape index (κ2) is 6.02. The summed E-state index contributed by atoms with van der Waals surface area (Å²) < 4.78 is 0. The van der Waals surface area contributed by atoms with Gasteiger partial charge >= 0.3 is 0 Å². The minimum absolute atomic E-state index is 0.0303. The molecule has 0 spiro atoms. The van der Waals surface area contributed by atoms with Crippen molar-refractivity contribution in [3.05, 3.63) is 60.2 Å². The lowest BCUT2D eigenvalue weighted by atomic mass is 10.1. The van der Waals surface area contributed by atoms with Crippen molar-refractivity contribution in [2.45, 2.75) is 12.5 Å². The van der Waals surface area contributed by atoms with Crippen LogP contribution in [0, 0.1) is 0 Å². The lowest BCUT2D eigenvalue weighted by molar-refractivity contribution is -0.117. The second-order valence-corrected chi connectivity index (χ2v) is 4.30. The summed E-state index contributed by atoms with van der Waals surface area (Å²) in [6.07, 6.45) is 0.459. The Morgan fingerprint density at radius 2 is 1.74 bits per heavy atom. The Bertz CT molecular complexity index is 555. The van der Waals surface area contributed by atoms with Crippen LogP contribution in [0.25, 0.3) is 0 Å². The summed E-state index contributed by atoms with van der Waals surface area (Å²) in [5, 5.41) is 12.2. The minimum atomic E-state index is -0.651. The first kappa shape index (κ1) is 13.1. The zero-order valence-corrected chi connectivity index (χ0v) is 10.4. The van der Waals surface area contributed by atoms with E-state index in [1.165, 1.54) is 6.07 Å². The first-order valence-electron chi connectivity index (χ1n) is 6.05. The normalized spacial score (nSPS) is 11.8. The van der Waals surface area contributed by atoms with Crippen LogP contribution in [0.1, 0.15) is 5.56 Å². The van der Waals surface area contributed by atoms with Crippen LogP contribution in [-0.4, -0.2) is 17.1 Å². The number of benzene rings is 2. The molecule has 0 saturated heterocycles. The van der Waals surface area contributed by atoms with Gasteiger partial charge in [-0.2, -0.15) is 0 Å². The van der Waals surface area contributed by atoms with E-state index in [-0.39, 0.29) is 11.7 Å². The number of nitrogens with one attached hydrogen (secondary N) is 1. The Morgan fingerprint density at radius 3 is 2.42 bits per heavy atom. The van der Waals surface area contributed by atoms with E-state index in [0.717, 1.165) is 5.56 Å². The van der Waals surface area contributed by atoms with E-state index in [1.54, 1.807) is 18.2 Å². The maximum atomic E-state index is 11.9. The largest absolute Gasteiger partial charge is 0.506 e. The molecular weight excluding hydrogens is 240 g/mol. The molecule has 4 nitrogen and oxygen atoms in total. The summed E-state index contributed by atoms with van der Waals surface area (Å²) in [5.41, 5.74) is 7.23. The molecule has 2 rings (SSSR count). The summed E-state index contributed by atoms with van der Waals surface area (Å²) in [6, 6.07) is 15.5. The Balaban J connectivity index is 1.99. The average molecular weight is 256 g/mol. The molecule has 1 unspecified atom stereocenters. The molecule has 1 atom stereocenters. The number of phenolic OH excluding ortho intramolecular Hbond substituents is 1. The SMILES string of the molecule is NC(Cc1ccccc1)C(=O)Nc1ccccc1O. The molecule has 1 amide bonds. The molecule has 4 N–H and O–H groups in total. The zero-order chi connectivity index (χ0) is 13.7. The molecule has 0 aromatic heterocycles. The van der Waals surface area contributed by atoms with Gasteiger partial charge in [0.15, 0.2) is 0 Å². The van der Waals surface area contributed by atoms with E-state index in [4.69, 9.17) is 5.73 Å². The molecule has 0 aliphatic carbocycles. The minimum Gasteiger partial charge on any atom is -0.506 e. The van der Waals surface area contributed by atoms with E-state index in [9.17, 15) is 9.90 Å². The van der Waals surface area contributed by atoms with Gasteiger partial charge < -0.3 is 16.2 Å². The van der Waals surface area contributed by atoms with Gasteiger partial charge in [0.05, 0.1) is 11.7 Å². The standard InChI is InChI=1S/C15H16N2O2/c16-12(10-11-6-2-1-3-7-11)15(19)17-13-8-4-5-9-14(13)18/h1-9,12,18H,10,16H2,(H,17,19). The van der Waals surface area contributed by atoms with Crippen LogP contribution >= 0.6 is 0 Å². The molecule has 0 bridgehead atoms. The van der Waals surface area contributed by atoms with Crippen LogP contribution in [0.15, 0.2) is 54.6 Å². The lowest BCUT2D eigenvalue weighted by Gasteiger charge is -2.13. The predicted molar refractivity (Wildman–Crippen MR) is 74.9 cm³/mol. The van der Waals surface area contributed by atoms with Crippen LogP contribution in [0.3, 0.4) is 0 Å². The molecule has 4 heteroatoms. The lowest BCUT2D eigenvalue weighted by Crippen LogP contribution is -2.37. The second-order valence-electron chi connectivity index (χ2n) is 4.30. The van der Waals surface area contributed by atoms with Crippen molar-refractivity contribution in [3.63, 3.8) is 0 Å². The summed E-state index contributed by atoms with van der Waals surface area (Å²) in [4.78, 5) is 11.9. The predicted octanol–water partition coefficient (Wildman–Crippen LogP) is 1.90. The van der Waals surface area contributed by atoms with E-state index < -0.39 is 6.04 Å². The third kappa shape index (κ3) is 3.56. The molecule has 2 aromatic carbocycles. The fourth-order valence-corrected chi connectivity index (χ4v) is 1.77. The fraction of sp³-hybridized carbons (Fsp3) is 0.133. The fourth-order valence-electron chi connectivity index (χ4n) is 1.77. The van der Waals surface area contributed by atoms with Crippen molar-refractivity contribution in [3.8, 4) is 5.75 Å². The van der Waals surface area contributed by atoms with Gasteiger partial charge in [0.1, 0.15) is 5.75 Å². The molecule has 0 saturated carbocycles. The van der Waals surface area contributed by atoms with Crippen molar-refractivity contribution in [1.29, 1.82) is 0 Å². The van der Waals surface area contributed by atoms with Crippen molar-refractivity contribution >= 4 is 11.6 Å². The number of carbonyl (C=O) groups excluding carboxylic acids is 1. The summed E-state index contributed by atoms with van der Waals surface area (Å²) >= 11 is 0. The average Bonchev–Trinajstić information content (AvgIpc) is 2.42. The van der Waals surface area contributed by atoms with Crippen molar-refractivity contribution < 1.29 is 9.90 Å². The highest BCUT2D eigenvalue weighted by molar-refractivity contribution is 5.96. The van der Waals surface area contributed by atoms with E-state index in [0.29, 0.717) is 12.1 Å². The van der Waals surface area contributed by atoms with Gasteiger partial charge in [-0.05, 0) is 24.1 Å². The molecule has 0 aliphatic rings. The maximum Gasteiger partial charge on any atom is 0.241 e. The molecule has 19 heavy (non-hydrogen) atoms. The van der Waals surface area contributed by atoms with Crippen molar-refractivity contribution in [1.82, 2.24) is 0 Å². The smallest absolute Gasteiger partial charge is 0.241 e. The Kier molecular flexibility index (Phi) is 4.15. The number of carbonyl (C=O) groups is 1. The molecule has 0 fully saturated rings. The first-order valence-corrected chi connectivity index (χ1v) is 6.05. The Morgan fingerprint density at radius 1 is 1.11 bits per heavy atom. The van der Waals surface area contributed by atoms with Crippen molar-refractivity contribution in [2.24, 2.45) is 5.73 Å². The van der Waals surface area contributed by atoms with Crippen molar-refractivity contribution in [2.75, 3.05) is 5.32 Å². The number of nitrogens with two attached hydrogens (primary N) is 1. The number of rotatable bonds is 4. The number of amides is 1.